The molecule has 1 atom stereocenters. The van der Waals surface area contributed by atoms with Gasteiger partial charge in [-0.2, -0.15) is 0 Å². The van der Waals surface area contributed by atoms with Gasteiger partial charge in [-0.15, -0.1) is 0 Å². The number of ether oxygens (including phenoxy) is 1. The first kappa shape index (κ1) is 25.2. The van der Waals surface area contributed by atoms with Crippen molar-refractivity contribution >= 4 is 30.4 Å². The van der Waals surface area contributed by atoms with Gasteiger partial charge in [-0.3, -0.25) is 14.4 Å². The molecule has 1 saturated heterocycles. The van der Waals surface area contributed by atoms with Gasteiger partial charge in [0.1, 0.15) is 11.6 Å². The number of hydrogen-bond acceptors (Lipinski definition) is 6. The zero-order valence-corrected chi connectivity index (χ0v) is 20.9. The molecule has 0 aromatic heterocycles. The molecule has 9 heteroatoms. The predicted molar refractivity (Wildman–Crippen MR) is 125 cm³/mol. The molecule has 1 aromatic carbocycles. The average Bonchev–Trinajstić information content (AvgIpc) is 3.07. The average molecular weight is 458 g/mol. The number of nitrogens with two attached hydrogens (primary N) is 1. The summed E-state index contributed by atoms with van der Waals surface area (Å²) in [5.74, 6) is -1.36. The molecule has 180 valence electrons. The largest absolute Gasteiger partial charge is 0.495 e. The highest BCUT2D eigenvalue weighted by Gasteiger charge is 2.52. The fraction of sp³-hybridized carbons (Fsp3) is 0.625. The van der Waals surface area contributed by atoms with Crippen LogP contribution in [0.3, 0.4) is 0 Å². The third kappa shape index (κ3) is 4.94. The van der Waals surface area contributed by atoms with Gasteiger partial charge in [0, 0.05) is 18.5 Å². The summed E-state index contributed by atoms with van der Waals surface area (Å²) in [6.45, 7) is 15.4. The molecule has 2 amide bonds. The number of carbonyl (C=O) groups is 3. The van der Waals surface area contributed by atoms with E-state index >= 15 is 0 Å². The second kappa shape index (κ2) is 8.44. The molecule has 0 aliphatic carbocycles. The minimum absolute atomic E-state index is 0.0108. The molecule has 0 radical (unpaired) electrons. The van der Waals surface area contributed by atoms with Crippen LogP contribution in [0.2, 0.25) is 0 Å². The van der Waals surface area contributed by atoms with Gasteiger partial charge in [0.2, 0.25) is 5.91 Å². The Morgan fingerprint density at radius 2 is 1.76 bits per heavy atom. The SMILES string of the molecule is Cc1c(B2OC(C)(C)C(C)(C)O2)ccc2c1CN([C@@H](CCC(=O)OC(C)(C)C)C(N)=O)C2=O. The number of hydrogen-bond donors (Lipinski definition) is 1. The van der Waals surface area contributed by atoms with Crippen molar-refractivity contribution in [3.8, 4) is 0 Å². The molecule has 1 aromatic rings. The lowest BCUT2D eigenvalue weighted by molar-refractivity contribution is -0.155. The number of rotatable bonds is 6. The molecule has 3 rings (SSSR count). The van der Waals surface area contributed by atoms with E-state index in [1.165, 1.54) is 4.90 Å². The zero-order chi connectivity index (χ0) is 24.9. The Bertz CT molecular complexity index is 966. The summed E-state index contributed by atoms with van der Waals surface area (Å²) in [4.78, 5) is 39.0. The van der Waals surface area contributed by atoms with Crippen LogP contribution < -0.4 is 11.2 Å². The number of fused-ring (bicyclic) bond motifs is 1. The van der Waals surface area contributed by atoms with E-state index < -0.39 is 41.8 Å². The summed E-state index contributed by atoms with van der Waals surface area (Å²) >= 11 is 0. The van der Waals surface area contributed by atoms with Crippen LogP contribution in [0.25, 0.3) is 0 Å². The van der Waals surface area contributed by atoms with Crippen LogP contribution in [0, 0.1) is 6.92 Å². The highest BCUT2D eigenvalue weighted by molar-refractivity contribution is 6.62. The molecule has 2 aliphatic rings. The van der Waals surface area contributed by atoms with Crippen LogP contribution >= 0.6 is 0 Å². The summed E-state index contributed by atoms with van der Waals surface area (Å²) < 4.78 is 17.7. The molecule has 8 nitrogen and oxygen atoms in total. The monoisotopic (exact) mass is 458 g/mol. The second-order valence-corrected chi connectivity index (χ2v) is 10.9. The standard InChI is InChI=1S/C24H35BN2O6/c1-14-16-13-27(18(20(26)29)11-12-19(28)31-22(2,3)4)21(30)15(16)9-10-17(14)25-32-23(5,6)24(7,8)33-25/h9-10,18H,11-13H2,1-8H3,(H2,26,29)/t18-/m0/s1. The van der Waals surface area contributed by atoms with Crippen molar-refractivity contribution in [3.63, 3.8) is 0 Å². The van der Waals surface area contributed by atoms with E-state index in [1.54, 1.807) is 26.8 Å². The van der Waals surface area contributed by atoms with Gasteiger partial charge in [0.15, 0.2) is 0 Å². The molecule has 0 spiro atoms. The van der Waals surface area contributed by atoms with E-state index in [4.69, 9.17) is 19.8 Å². The first-order valence-electron chi connectivity index (χ1n) is 11.3. The smallest absolute Gasteiger partial charge is 0.460 e. The van der Waals surface area contributed by atoms with E-state index in [0.29, 0.717) is 5.56 Å². The Morgan fingerprint density at radius 3 is 2.27 bits per heavy atom. The highest BCUT2D eigenvalue weighted by atomic mass is 16.7. The van der Waals surface area contributed by atoms with Gasteiger partial charge in [0.05, 0.1) is 11.2 Å². The van der Waals surface area contributed by atoms with Crippen LogP contribution in [0.4, 0.5) is 0 Å². The summed E-state index contributed by atoms with van der Waals surface area (Å²) in [6, 6.07) is 2.69. The van der Waals surface area contributed by atoms with E-state index in [9.17, 15) is 14.4 Å². The summed E-state index contributed by atoms with van der Waals surface area (Å²) in [5.41, 5.74) is 7.12. The summed E-state index contributed by atoms with van der Waals surface area (Å²) in [6.07, 6.45) is 0.0935. The molecular formula is C24H35BN2O6. The van der Waals surface area contributed by atoms with E-state index in [-0.39, 0.29) is 25.3 Å². The number of primary amides is 1. The first-order chi connectivity index (χ1) is 15.0. The number of esters is 1. The van der Waals surface area contributed by atoms with Gasteiger partial charge in [-0.1, -0.05) is 6.07 Å². The first-order valence-corrected chi connectivity index (χ1v) is 11.3. The zero-order valence-electron chi connectivity index (χ0n) is 20.9. The quantitative estimate of drug-likeness (QED) is 0.518. The molecular weight excluding hydrogens is 423 g/mol. The topological polar surface area (TPSA) is 108 Å². The Hall–Kier alpha value is -2.39. The van der Waals surface area contributed by atoms with Crippen LogP contribution in [0.5, 0.6) is 0 Å². The van der Waals surface area contributed by atoms with Crippen molar-refractivity contribution in [1.29, 1.82) is 0 Å². The van der Waals surface area contributed by atoms with Gasteiger partial charge < -0.3 is 24.7 Å². The van der Waals surface area contributed by atoms with Crippen LogP contribution in [-0.4, -0.2) is 52.6 Å². The maximum Gasteiger partial charge on any atom is 0.495 e. The Morgan fingerprint density at radius 1 is 1.18 bits per heavy atom. The van der Waals surface area contributed by atoms with Crippen LogP contribution in [0.1, 0.15) is 82.8 Å². The van der Waals surface area contributed by atoms with Crippen molar-refractivity contribution in [1.82, 2.24) is 4.90 Å². The predicted octanol–water partition coefficient (Wildman–Crippen LogP) is 2.23. The van der Waals surface area contributed by atoms with E-state index in [0.717, 1.165) is 16.6 Å². The van der Waals surface area contributed by atoms with Crippen LogP contribution in [-0.2, 0) is 30.2 Å². The number of nitrogens with zero attached hydrogens (tertiary/aromatic N) is 1. The molecule has 2 heterocycles. The lowest BCUT2D eigenvalue weighted by Gasteiger charge is -2.32. The van der Waals surface area contributed by atoms with Crippen molar-refractivity contribution in [2.24, 2.45) is 5.73 Å². The fourth-order valence-electron chi connectivity index (χ4n) is 4.15. The second-order valence-electron chi connectivity index (χ2n) is 10.9. The third-order valence-electron chi connectivity index (χ3n) is 6.71. The summed E-state index contributed by atoms with van der Waals surface area (Å²) in [5, 5.41) is 0. The lowest BCUT2D eigenvalue weighted by atomic mass is 9.74. The maximum absolute atomic E-state index is 13.1. The summed E-state index contributed by atoms with van der Waals surface area (Å²) in [7, 11) is -0.552. The Kier molecular flexibility index (Phi) is 6.45. The van der Waals surface area contributed by atoms with E-state index in [1.807, 2.05) is 40.7 Å². The van der Waals surface area contributed by atoms with Gasteiger partial charge in [-0.25, -0.2) is 0 Å². The number of carbonyl (C=O) groups excluding carboxylic acids is 3. The molecule has 0 saturated carbocycles. The molecule has 1 fully saturated rings. The van der Waals surface area contributed by atoms with Crippen molar-refractivity contribution < 1.29 is 28.4 Å². The minimum atomic E-state index is -0.905. The number of benzene rings is 1. The Balaban J connectivity index is 1.81. The van der Waals surface area contributed by atoms with Crippen LogP contribution in [0.15, 0.2) is 12.1 Å². The van der Waals surface area contributed by atoms with Crippen molar-refractivity contribution in [2.45, 2.75) is 97.6 Å². The molecule has 0 unspecified atom stereocenters. The maximum atomic E-state index is 13.1. The van der Waals surface area contributed by atoms with Crippen molar-refractivity contribution in [3.05, 3.63) is 28.8 Å². The van der Waals surface area contributed by atoms with Gasteiger partial charge in [-0.05, 0) is 84.5 Å². The fourth-order valence-corrected chi connectivity index (χ4v) is 4.15. The van der Waals surface area contributed by atoms with Crippen molar-refractivity contribution in [2.75, 3.05) is 0 Å². The molecule has 0 bridgehead atoms. The third-order valence-corrected chi connectivity index (χ3v) is 6.71. The van der Waals surface area contributed by atoms with Gasteiger partial charge in [0.25, 0.3) is 5.91 Å². The van der Waals surface area contributed by atoms with E-state index in [2.05, 4.69) is 0 Å². The molecule has 2 aliphatic heterocycles. The normalized spacial score (nSPS) is 20.1. The highest BCUT2D eigenvalue weighted by Crippen LogP contribution is 2.37. The lowest BCUT2D eigenvalue weighted by Crippen LogP contribution is -2.45. The van der Waals surface area contributed by atoms with Gasteiger partial charge >= 0.3 is 13.1 Å². The number of amides is 2. The minimum Gasteiger partial charge on any atom is -0.460 e. The molecule has 33 heavy (non-hydrogen) atoms. The Labute approximate surface area is 196 Å². The molecule has 2 N–H and O–H groups in total.